The molecule has 3 aromatic rings. The maximum Gasteiger partial charge on any atom is 0.240 e. The number of aliphatic hydroxyl groups is 1. The molecule has 204 valence electrons. The molecule has 9 nitrogen and oxygen atoms in total. The molecule has 2 atom stereocenters. The van der Waals surface area contributed by atoms with Gasteiger partial charge in [0.1, 0.15) is 18.5 Å². The molecule has 1 aliphatic rings. The molecular formula is C29H39N5O4. The van der Waals surface area contributed by atoms with Crippen molar-refractivity contribution in [1.29, 1.82) is 0 Å². The molecule has 3 N–H and O–H groups in total. The number of hydrazone groups is 1. The first-order chi connectivity index (χ1) is 18.4. The first kappa shape index (κ1) is 27.8. The van der Waals surface area contributed by atoms with Crippen molar-refractivity contribution in [3.63, 3.8) is 0 Å². The molecule has 9 heteroatoms. The first-order valence-corrected chi connectivity index (χ1v) is 13.4. The lowest BCUT2D eigenvalue weighted by Gasteiger charge is -2.19. The van der Waals surface area contributed by atoms with Crippen LogP contribution in [-0.4, -0.2) is 65.3 Å². The summed E-state index contributed by atoms with van der Waals surface area (Å²) in [6.45, 7) is 9.87. The molecule has 2 unspecified atom stereocenters. The number of nitrogens with zero attached hydrogens (tertiary/aromatic N) is 3. The minimum atomic E-state index is -0.611. The second-order valence-corrected chi connectivity index (χ2v) is 10.3. The van der Waals surface area contributed by atoms with Crippen molar-refractivity contribution in [3.8, 4) is 5.75 Å². The lowest BCUT2D eigenvalue weighted by Crippen LogP contribution is -2.33. The van der Waals surface area contributed by atoms with Gasteiger partial charge in [0, 0.05) is 44.1 Å². The summed E-state index contributed by atoms with van der Waals surface area (Å²) in [5.74, 6) is 1.31. The molecule has 1 aromatic heterocycles. The Hall–Kier alpha value is -3.27. The summed E-state index contributed by atoms with van der Waals surface area (Å²) in [7, 11) is 0. The monoisotopic (exact) mass is 521 g/mol. The minimum absolute atomic E-state index is 0.0522. The molecule has 0 fully saturated rings. The molecule has 2 aromatic carbocycles. The number of imidazole rings is 1. The van der Waals surface area contributed by atoms with Gasteiger partial charge in [-0.15, -0.1) is 0 Å². The number of hydrogen-bond acceptors (Lipinski definition) is 7. The van der Waals surface area contributed by atoms with Crippen LogP contribution in [0.5, 0.6) is 5.75 Å². The highest BCUT2D eigenvalue weighted by Gasteiger charge is 2.22. The normalized spacial score (nSPS) is 16.5. The van der Waals surface area contributed by atoms with E-state index in [1.807, 2.05) is 55.7 Å². The van der Waals surface area contributed by atoms with Crippen LogP contribution in [0.2, 0.25) is 0 Å². The number of nitrogens with one attached hydrogen (secondary N) is 2. The molecule has 0 aliphatic carbocycles. The quantitative estimate of drug-likeness (QED) is 0.281. The van der Waals surface area contributed by atoms with Gasteiger partial charge in [0.25, 0.3) is 0 Å². The number of carbonyl (C=O) groups excluding carboxylic acids is 1. The van der Waals surface area contributed by atoms with Crippen LogP contribution in [0.15, 0.2) is 53.9 Å². The first-order valence-electron chi connectivity index (χ1n) is 13.4. The number of carbonyl (C=O) groups is 1. The zero-order valence-corrected chi connectivity index (χ0v) is 22.5. The van der Waals surface area contributed by atoms with Crippen LogP contribution in [0.25, 0.3) is 11.0 Å². The van der Waals surface area contributed by atoms with Crippen LogP contribution < -0.4 is 15.5 Å². The van der Waals surface area contributed by atoms with Crippen molar-refractivity contribution in [1.82, 2.24) is 20.3 Å². The van der Waals surface area contributed by atoms with Gasteiger partial charge in [-0.3, -0.25) is 4.79 Å². The third-order valence-electron chi connectivity index (χ3n) is 6.44. The van der Waals surface area contributed by atoms with E-state index in [0.29, 0.717) is 32.0 Å². The van der Waals surface area contributed by atoms with Gasteiger partial charge < -0.3 is 24.5 Å². The van der Waals surface area contributed by atoms with E-state index in [1.54, 1.807) is 0 Å². The number of amides is 1. The van der Waals surface area contributed by atoms with Crippen LogP contribution in [0, 0.1) is 11.8 Å². The second kappa shape index (κ2) is 13.5. The molecular weight excluding hydrogens is 482 g/mol. The average Bonchev–Trinajstić information content (AvgIpc) is 3.30. The van der Waals surface area contributed by atoms with E-state index in [9.17, 15) is 9.90 Å². The molecule has 0 saturated heterocycles. The topological polar surface area (TPSA) is 110 Å². The largest absolute Gasteiger partial charge is 0.491 e. The molecule has 0 radical (unpaired) electrons. The molecule has 0 spiro atoms. The Labute approximate surface area is 224 Å². The number of ether oxygens (including phenoxy) is 2. The van der Waals surface area contributed by atoms with Crippen LogP contribution in [0.3, 0.4) is 0 Å². The molecule has 38 heavy (non-hydrogen) atoms. The average molecular weight is 522 g/mol. The number of aromatic nitrogens is 2. The van der Waals surface area contributed by atoms with E-state index in [4.69, 9.17) is 9.47 Å². The minimum Gasteiger partial charge on any atom is -0.491 e. The Kier molecular flexibility index (Phi) is 9.86. The Morgan fingerprint density at radius 1 is 1.18 bits per heavy atom. The Balaban J connectivity index is 1.17. The zero-order chi connectivity index (χ0) is 26.9. The maximum atomic E-state index is 11.5. The molecule has 1 amide bonds. The lowest BCUT2D eigenvalue weighted by molar-refractivity contribution is -0.121. The summed E-state index contributed by atoms with van der Waals surface area (Å²) >= 11 is 0. The van der Waals surface area contributed by atoms with Crippen LogP contribution in [-0.2, 0) is 22.5 Å². The Morgan fingerprint density at radius 2 is 2.00 bits per heavy atom. The molecule has 1 aliphatic heterocycles. The second-order valence-electron chi connectivity index (χ2n) is 10.3. The van der Waals surface area contributed by atoms with Crippen molar-refractivity contribution in [3.05, 3.63) is 59.9 Å². The van der Waals surface area contributed by atoms with Crippen molar-refractivity contribution in [2.24, 2.45) is 16.9 Å². The van der Waals surface area contributed by atoms with Gasteiger partial charge in [0.15, 0.2) is 0 Å². The lowest BCUT2D eigenvalue weighted by atomic mass is 9.94. The molecule has 0 saturated carbocycles. The zero-order valence-electron chi connectivity index (χ0n) is 22.5. The van der Waals surface area contributed by atoms with Gasteiger partial charge >= 0.3 is 0 Å². The van der Waals surface area contributed by atoms with Gasteiger partial charge in [0.2, 0.25) is 5.91 Å². The standard InChI is InChI=1S/C29H39N5O4/c1-20(2)17-37-13-10-22-4-7-25(8-5-22)38-18-24(35)16-30-11-12-34-19-31-26-15-23(6-9-27(26)34)29-21(3)14-28(36)32-33-29/h4-9,15,19-21,24,30,35H,10-14,16-18H2,1-3H3,(H,32,36). The van der Waals surface area contributed by atoms with Crippen LogP contribution in [0.1, 0.15) is 38.3 Å². The van der Waals surface area contributed by atoms with Gasteiger partial charge in [-0.2, -0.15) is 5.10 Å². The van der Waals surface area contributed by atoms with Crippen molar-refractivity contribution < 1.29 is 19.4 Å². The highest BCUT2D eigenvalue weighted by Crippen LogP contribution is 2.21. The van der Waals surface area contributed by atoms with E-state index in [-0.39, 0.29) is 18.4 Å². The molecule has 2 heterocycles. The van der Waals surface area contributed by atoms with E-state index in [1.165, 1.54) is 5.56 Å². The highest BCUT2D eigenvalue weighted by molar-refractivity contribution is 6.07. The van der Waals surface area contributed by atoms with Gasteiger partial charge in [-0.25, -0.2) is 10.4 Å². The highest BCUT2D eigenvalue weighted by atomic mass is 16.5. The Morgan fingerprint density at radius 3 is 2.76 bits per heavy atom. The van der Waals surface area contributed by atoms with Crippen molar-refractivity contribution in [2.75, 3.05) is 32.9 Å². The number of rotatable bonds is 14. The summed E-state index contributed by atoms with van der Waals surface area (Å²) < 4.78 is 13.5. The molecule has 4 rings (SSSR count). The summed E-state index contributed by atoms with van der Waals surface area (Å²) in [4.78, 5) is 16.1. The van der Waals surface area contributed by atoms with Crippen LogP contribution in [0.4, 0.5) is 0 Å². The summed E-state index contributed by atoms with van der Waals surface area (Å²) in [6.07, 6.45) is 2.53. The SMILES string of the molecule is CC(C)COCCc1ccc(OCC(O)CNCCn2cnc3cc(C4=NNC(=O)CC4C)ccc32)cc1. The predicted octanol–water partition coefficient (Wildman–Crippen LogP) is 3.14. The van der Waals surface area contributed by atoms with Crippen LogP contribution >= 0.6 is 0 Å². The van der Waals surface area contributed by atoms with Gasteiger partial charge in [-0.05, 0) is 42.2 Å². The number of fused-ring (bicyclic) bond motifs is 1. The fraction of sp³-hybridized carbons (Fsp3) is 0.483. The fourth-order valence-corrected chi connectivity index (χ4v) is 4.38. The fourth-order valence-electron chi connectivity index (χ4n) is 4.38. The summed E-state index contributed by atoms with van der Waals surface area (Å²) in [5, 5.41) is 17.8. The van der Waals surface area contributed by atoms with E-state index in [0.717, 1.165) is 47.6 Å². The third kappa shape index (κ3) is 7.86. The van der Waals surface area contributed by atoms with Gasteiger partial charge in [-0.1, -0.05) is 39.0 Å². The van der Waals surface area contributed by atoms with E-state index < -0.39 is 6.10 Å². The van der Waals surface area contributed by atoms with E-state index in [2.05, 4.69) is 39.2 Å². The predicted molar refractivity (Wildman–Crippen MR) is 148 cm³/mol. The van der Waals surface area contributed by atoms with Gasteiger partial charge in [0.05, 0.1) is 29.7 Å². The smallest absolute Gasteiger partial charge is 0.240 e. The summed E-state index contributed by atoms with van der Waals surface area (Å²) in [5.41, 5.74) is 7.54. The van der Waals surface area contributed by atoms with Crippen molar-refractivity contribution in [2.45, 2.75) is 46.3 Å². The maximum absolute atomic E-state index is 11.5. The summed E-state index contributed by atoms with van der Waals surface area (Å²) in [6, 6.07) is 14.0. The van der Waals surface area contributed by atoms with E-state index >= 15 is 0 Å². The molecule has 0 bridgehead atoms. The number of benzene rings is 2. The van der Waals surface area contributed by atoms with Crippen molar-refractivity contribution >= 4 is 22.7 Å². The number of hydrogen-bond donors (Lipinski definition) is 3. The third-order valence-corrected chi connectivity index (χ3v) is 6.44. The Bertz CT molecular complexity index is 1220. The number of aliphatic hydroxyl groups excluding tert-OH is 1.